The standard InChI is InChI=1S/C3H3O3.Al.2H/c4-2-1-3(5)6;;;/h1H2,(H,5,6);;;. The second-order valence-electron chi connectivity index (χ2n) is 1.27. The Balaban J connectivity index is 3.32. The van der Waals surface area contributed by atoms with E-state index in [0.717, 1.165) is 0 Å². The van der Waals surface area contributed by atoms with Crippen molar-refractivity contribution in [1.29, 1.82) is 0 Å². The van der Waals surface area contributed by atoms with Crippen molar-refractivity contribution in [3.63, 3.8) is 0 Å². The number of carbonyl (C=O) groups is 2. The van der Waals surface area contributed by atoms with Crippen molar-refractivity contribution < 1.29 is 14.7 Å². The van der Waals surface area contributed by atoms with Gasteiger partial charge >= 0.3 is 22.3 Å². The maximum Gasteiger partial charge on any atom is 0.320 e. The van der Waals surface area contributed by atoms with Gasteiger partial charge in [0, 0.05) is 0 Å². The summed E-state index contributed by atoms with van der Waals surface area (Å²) in [7, 11) is 0. The summed E-state index contributed by atoms with van der Waals surface area (Å²) in [6, 6.07) is 0. The van der Waals surface area contributed by atoms with Gasteiger partial charge in [-0.25, -0.2) is 0 Å². The summed E-state index contributed by atoms with van der Waals surface area (Å²) >= 11 is 0.347. The highest BCUT2D eigenvalue weighted by molar-refractivity contribution is 6.59. The first-order chi connectivity index (χ1) is 3.13. The van der Waals surface area contributed by atoms with Gasteiger partial charge in [0.2, 0.25) is 0 Å². The summed E-state index contributed by atoms with van der Waals surface area (Å²) in [5.41, 5.74) is 0. The molecule has 0 bridgehead atoms. The van der Waals surface area contributed by atoms with Gasteiger partial charge in [-0.1, -0.05) is 0 Å². The van der Waals surface area contributed by atoms with E-state index in [1.54, 1.807) is 0 Å². The summed E-state index contributed by atoms with van der Waals surface area (Å²) in [6.45, 7) is 0. The molecule has 38 valence electrons. The molecule has 0 aromatic carbocycles. The van der Waals surface area contributed by atoms with Crippen molar-refractivity contribution in [3.8, 4) is 0 Å². The van der Waals surface area contributed by atoms with Crippen LogP contribution in [0.5, 0.6) is 0 Å². The third-order valence-electron chi connectivity index (χ3n) is 0.400. The fraction of sp³-hybridized carbons (Fsp3) is 0.333. The third kappa shape index (κ3) is 5.67. The average molecular weight is 116 g/mol. The Kier molecular flexibility index (Phi) is 2.65. The minimum absolute atomic E-state index is 0.174. The molecule has 0 unspecified atom stereocenters. The molecular formula is C3H5AlO3. The van der Waals surface area contributed by atoms with E-state index in [2.05, 4.69) is 0 Å². The molecular weight excluding hydrogens is 111 g/mol. The van der Waals surface area contributed by atoms with Gasteiger partial charge in [-0.2, -0.15) is 0 Å². The van der Waals surface area contributed by atoms with Crippen LogP contribution >= 0.6 is 0 Å². The number of hydrogen-bond donors (Lipinski definition) is 1. The minimum Gasteiger partial charge on any atom is -0.481 e. The quantitative estimate of drug-likeness (QED) is 0.357. The Morgan fingerprint density at radius 2 is 2.00 bits per heavy atom. The number of aliphatic carboxylic acids is 1. The maximum absolute atomic E-state index is 9.94. The summed E-state index contributed by atoms with van der Waals surface area (Å²) in [5.74, 6) is -1.03. The van der Waals surface area contributed by atoms with Gasteiger partial charge in [-0.15, -0.1) is 0 Å². The first-order valence-corrected chi connectivity index (χ1v) is 2.84. The van der Waals surface area contributed by atoms with Crippen LogP contribution in [0.4, 0.5) is 0 Å². The van der Waals surface area contributed by atoms with Crippen LogP contribution in [0.25, 0.3) is 0 Å². The molecule has 0 aliphatic carbocycles. The van der Waals surface area contributed by atoms with Gasteiger partial charge in [-0.3, -0.25) is 4.79 Å². The van der Waals surface area contributed by atoms with Gasteiger partial charge in [0.15, 0.2) is 0 Å². The Labute approximate surface area is 48.7 Å². The molecule has 0 aromatic rings. The molecule has 0 atom stereocenters. The van der Waals surface area contributed by atoms with Gasteiger partial charge in [-0.05, 0) is 0 Å². The molecule has 1 N–H and O–H groups in total. The summed E-state index contributed by atoms with van der Waals surface area (Å²) in [5, 5.41) is 7.89. The van der Waals surface area contributed by atoms with Crippen LogP contribution in [-0.2, 0) is 9.59 Å². The van der Waals surface area contributed by atoms with E-state index >= 15 is 0 Å². The number of carbonyl (C=O) groups excluding carboxylic acids is 1. The molecule has 7 heavy (non-hydrogen) atoms. The summed E-state index contributed by atoms with van der Waals surface area (Å²) < 4.78 is -0.174. The lowest BCUT2D eigenvalue weighted by molar-refractivity contribution is -0.138. The molecule has 0 aliphatic rings. The van der Waals surface area contributed by atoms with Crippen molar-refractivity contribution in [2.24, 2.45) is 0 Å². The lowest BCUT2D eigenvalue weighted by Crippen LogP contribution is -2.04. The Bertz CT molecular complexity index is 86.4. The molecule has 0 fully saturated rings. The van der Waals surface area contributed by atoms with Crippen LogP contribution in [0.2, 0.25) is 0 Å². The molecule has 0 radical (unpaired) electrons. The number of hydrogen-bond acceptors (Lipinski definition) is 2. The maximum atomic E-state index is 9.94. The van der Waals surface area contributed by atoms with E-state index in [4.69, 9.17) is 5.11 Å². The van der Waals surface area contributed by atoms with Crippen LogP contribution in [0.3, 0.4) is 0 Å². The van der Waals surface area contributed by atoms with Gasteiger partial charge in [0.1, 0.15) is 0 Å². The Hall–Kier alpha value is -0.328. The first-order valence-electron chi connectivity index (χ1n) is 1.84. The van der Waals surface area contributed by atoms with E-state index in [1.807, 2.05) is 0 Å². The highest BCUT2D eigenvalue weighted by Crippen LogP contribution is 1.73. The lowest BCUT2D eigenvalue weighted by atomic mass is 10.5. The van der Waals surface area contributed by atoms with Crippen LogP contribution in [0, 0.1) is 0 Å². The van der Waals surface area contributed by atoms with Crippen molar-refractivity contribution in [2.45, 2.75) is 6.42 Å². The molecule has 0 saturated heterocycles. The lowest BCUT2D eigenvalue weighted by Gasteiger charge is -1.81. The number of rotatable bonds is 2. The Morgan fingerprint density at radius 1 is 1.57 bits per heavy atom. The molecule has 0 amide bonds. The topological polar surface area (TPSA) is 54.4 Å². The zero-order chi connectivity index (χ0) is 5.86. The predicted molar refractivity (Wildman–Crippen MR) is 25.8 cm³/mol. The van der Waals surface area contributed by atoms with Crippen molar-refractivity contribution in [2.75, 3.05) is 0 Å². The molecule has 0 rings (SSSR count). The SMILES string of the molecule is O=C(O)C[C](=O)[AlH2]. The van der Waals surface area contributed by atoms with E-state index in [-0.39, 0.29) is 11.1 Å². The monoisotopic (exact) mass is 116 g/mol. The molecule has 4 heteroatoms. The molecule has 0 aromatic heterocycles. The second kappa shape index (κ2) is 2.78. The van der Waals surface area contributed by atoms with Crippen LogP contribution in [0.1, 0.15) is 6.42 Å². The Morgan fingerprint density at radius 3 is 2.00 bits per heavy atom. The minimum atomic E-state index is -1.03. The van der Waals surface area contributed by atoms with E-state index in [1.165, 1.54) is 0 Å². The third-order valence-corrected chi connectivity index (χ3v) is 0.754. The first kappa shape index (κ1) is 6.67. The smallest absolute Gasteiger partial charge is 0.320 e. The highest BCUT2D eigenvalue weighted by Gasteiger charge is 1.97. The van der Waals surface area contributed by atoms with Crippen LogP contribution < -0.4 is 0 Å². The van der Waals surface area contributed by atoms with Crippen LogP contribution in [0.15, 0.2) is 0 Å². The molecule has 0 aliphatic heterocycles. The zero-order valence-corrected chi connectivity index (χ0v) is 5.97. The van der Waals surface area contributed by atoms with Gasteiger partial charge in [0.05, 0.1) is 11.1 Å². The van der Waals surface area contributed by atoms with Crippen molar-refractivity contribution in [1.82, 2.24) is 0 Å². The van der Waals surface area contributed by atoms with E-state index in [0.29, 0.717) is 16.3 Å². The van der Waals surface area contributed by atoms with E-state index in [9.17, 15) is 9.59 Å². The van der Waals surface area contributed by atoms with Gasteiger partial charge in [0.25, 0.3) is 0 Å². The second-order valence-corrected chi connectivity index (χ2v) is 2.39. The normalized spacial score (nSPS) is 8.00. The van der Waals surface area contributed by atoms with Crippen molar-refractivity contribution >= 4 is 26.9 Å². The zero-order valence-electron chi connectivity index (χ0n) is 3.97. The molecule has 0 saturated carbocycles. The average Bonchev–Trinajstić information content (AvgIpc) is 1.27. The predicted octanol–water partition coefficient (Wildman–Crippen LogP) is -1.38. The highest BCUT2D eigenvalue weighted by atomic mass is 27.0. The molecule has 0 heterocycles. The summed E-state index contributed by atoms with van der Waals surface area (Å²) in [4.78, 5) is 19.5. The number of carboxylic acids is 1. The van der Waals surface area contributed by atoms with Gasteiger partial charge < -0.3 is 9.90 Å². The molecule has 3 nitrogen and oxygen atoms in total. The largest absolute Gasteiger partial charge is 0.481 e. The fourth-order valence-corrected chi connectivity index (χ4v) is 0.515. The van der Waals surface area contributed by atoms with E-state index < -0.39 is 5.97 Å². The summed E-state index contributed by atoms with van der Waals surface area (Å²) in [6.07, 6.45) is -0.299. The fourth-order valence-electron chi connectivity index (χ4n) is 0.213. The molecule has 0 spiro atoms. The number of carboxylic acid groups (broad SMARTS) is 1. The van der Waals surface area contributed by atoms with Crippen molar-refractivity contribution in [3.05, 3.63) is 0 Å². The van der Waals surface area contributed by atoms with Crippen LogP contribution in [-0.4, -0.2) is 32.0 Å².